The lowest BCUT2D eigenvalue weighted by Crippen LogP contribution is -2.41. The molecule has 0 aromatic heterocycles. The number of benzene rings is 1. The average molecular weight is 315 g/mol. The predicted molar refractivity (Wildman–Crippen MR) is 78.0 cm³/mol. The van der Waals surface area contributed by atoms with Gasteiger partial charge in [0.15, 0.2) is 5.11 Å². The van der Waals surface area contributed by atoms with Gasteiger partial charge in [0, 0.05) is 15.6 Å². The quantitative estimate of drug-likeness (QED) is 0.781. The molecule has 0 atom stereocenters. The van der Waals surface area contributed by atoms with Crippen LogP contribution >= 0.6 is 28.1 Å². The van der Waals surface area contributed by atoms with Gasteiger partial charge in [-0.3, -0.25) is 4.79 Å². The zero-order valence-corrected chi connectivity index (χ0v) is 12.4. The summed E-state index contributed by atoms with van der Waals surface area (Å²) in [6, 6.07) is 7.57. The van der Waals surface area contributed by atoms with Crippen molar-refractivity contribution in [2.45, 2.75) is 20.8 Å². The van der Waals surface area contributed by atoms with Gasteiger partial charge in [-0.2, -0.15) is 0 Å². The Hall–Kier alpha value is -0.940. The molecule has 0 saturated carbocycles. The number of rotatable bonds is 1. The summed E-state index contributed by atoms with van der Waals surface area (Å²) >= 11 is 8.43. The van der Waals surface area contributed by atoms with Gasteiger partial charge in [0.2, 0.25) is 5.91 Å². The fourth-order valence-corrected chi connectivity index (χ4v) is 1.63. The molecule has 1 aromatic carbocycles. The molecule has 0 heterocycles. The third kappa shape index (κ3) is 4.83. The molecule has 0 spiro atoms. The summed E-state index contributed by atoms with van der Waals surface area (Å²) in [6.45, 7) is 5.51. The summed E-state index contributed by atoms with van der Waals surface area (Å²) in [5.41, 5.74) is 0.377. The van der Waals surface area contributed by atoms with Crippen molar-refractivity contribution in [1.29, 1.82) is 0 Å². The second-order valence-corrected chi connectivity index (χ2v) is 5.99. The van der Waals surface area contributed by atoms with Gasteiger partial charge in [0.05, 0.1) is 0 Å². The van der Waals surface area contributed by atoms with Crippen molar-refractivity contribution in [3.05, 3.63) is 28.7 Å². The summed E-state index contributed by atoms with van der Waals surface area (Å²) in [5, 5.41) is 5.92. The van der Waals surface area contributed by atoms with Crippen LogP contribution in [0.3, 0.4) is 0 Å². The highest BCUT2D eigenvalue weighted by Gasteiger charge is 2.21. The van der Waals surface area contributed by atoms with Gasteiger partial charge in [-0.1, -0.05) is 42.8 Å². The van der Waals surface area contributed by atoms with E-state index in [0.717, 1.165) is 10.2 Å². The van der Waals surface area contributed by atoms with Gasteiger partial charge in [0.25, 0.3) is 0 Å². The zero-order chi connectivity index (χ0) is 13.1. The summed E-state index contributed by atoms with van der Waals surface area (Å²) in [5.74, 6) is -0.106. The first-order valence-corrected chi connectivity index (χ1v) is 6.37. The number of amides is 1. The largest absolute Gasteiger partial charge is 0.332 e. The molecule has 5 heteroatoms. The van der Waals surface area contributed by atoms with Crippen LogP contribution in [0, 0.1) is 5.41 Å². The van der Waals surface area contributed by atoms with Crippen LogP contribution in [0.15, 0.2) is 28.7 Å². The Kier molecular flexibility index (Phi) is 4.65. The first-order valence-electron chi connectivity index (χ1n) is 5.17. The number of carbonyl (C=O) groups excluding carboxylic acids is 1. The summed E-state index contributed by atoms with van der Waals surface area (Å²) < 4.78 is 0.951. The second-order valence-electron chi connectivity index (χ2n) is 4.67. The summed E-state index contributed by atoms with van der Waals surface area (Å²) in [6.07, 6.45) is 0. The molecule has 0 aliphatic carbocycles. The minimum Gasteiger partial charge on any atom is -0.332 e. The molecule has 0 radical (unpaired) electrons. The molecule has 0 aliphatic rings. The van der Waals surface area contributed by atoms with Crippen LogP contribution < -0.4 is 10.6 Å². The van der Waals surface area contributed by atoms with E-state index >= 15 is 0 Å². The Labute approximate surface area is 115 Å². The summed E-state index contributed by atoms with van der Waals surface area (Å²) in [7, 11) is 0. The molecular weight excluding hydrogens is 300 g/mol. The van der Waals surface area contributed by atoms with E-state index in [4.69, 9.17) is 12.2 Å². The number of halogens is 1. The Morgan fingerprint density at radius 3 is 2.53 bits per heavy atom. The van der Waals surface area contributed by atoms with Crippen LogP contribution in [0.1, 0.15) is 20.8 Å². The van der Waals surface area contributed by atoms with Gasteiger partial charge in [-0.05, 0) is 30.4 Å². The van der Waals surface area contributed by atoms with E-state index in [0.29, 0.717) is 5.11 Å². The van der Waals surface area contributed by atoms with Crippen LogP contribution in [0.2, 0.25) is 0 Å². The third-order valence-electron chi connectivity index (χ3n) is 1.99. The average Bonchev–Trinajstić information content (AvgIpc) is 2.15. The highest BCUT2D eigenvalue weighted by Crippen LogP contribution is 2.16. The SMILES string of the molecule is CC(C)(C)C(=O)NC(=S)Nc1cccc(Br)c1. The van der Waals surface area contributed by atoms with Crippen LogP contribution in [-0.2, 0) is 4.79 Å². The first-order chi connectivity index (χ1) is 7.79. The number of carbonyl (C=O) groups is 1. The maximum Gasteiger partial charge on any atom is 0.231 e. The van der Waals surface area contributed by atoms with Crippen LogP contribution in [0.5, 0.6) is 0 Å². The third-order valence-corrected chi connectivity index (χ3v) is 2.69. The van der Waals surface area contributed by atoms with Crippen LogP contribution in [-0.4, -0.2) is 11.0 Å². The Morgan fingerprint density at radius 2 is 2.00 bits per heavy atom. The molecule has 0 aliphatic heterocycles. The minimum atomic E-state index is -0.455. The molecule has 1 amide bonds. The second kappa shape index (κ2) is 5.60. The predicted octanol–water partition coefficient (Wildman–Crippen LogP) is 3.31. The number of hydrogen-bond acceptors (Lipinski definition) is 2. The number of thiocarbonyl (C=S) groups is 1. The maximum atomic E-state index is 11.7. The molecule has 1 aromatic rings. The molecule has 92 valence electrons. The molecule has 0 saturated heterocycles. The van der Waals surface area contributed by atoms with E-state index in [1.807, 2.05) is 45.0 Å². The van der Waals surface area contributed by atoms with Crippen molar-refractivity contribution in [2.24, 2.45) is 5.41 Å². The van der Waals surface area contributed by atoms with Crippen molar-refractivity contribution in [3.63, 3.8) is 0 Å². The van der Waals surface area contributed by atoms with Crippen molar-refractivity contribution in [2.75, 3.05) is 5.32 Å². The zero-order valence-electron chi connectivity index (χ0n) is 10.0. The molecule has 2 N–H and O–H groups in total. The number of hydrogen-bond donors (Lipinski definition) is 2. The number of nitrogens with one attached hydrogen (secondary N) is 2. The van der Waals surface area contributed by atoms with Crippen molar-refractivity contribution in [3.8, 4) is 0 Å². The standard InChI is InChI=1S/C12H15BrN2OS/c1-12(2,3)10(16)15-11(17)14-9-6-4-5-8(13)7-9/h4-7H,1-3H3,(H2,14,15,16,17). The van der Waals surface area contributed by atoms with Gasteiger partial charge in [-0.25, -0.2) is 0 Å². The first kappa shape index (κ1) is 14.1. The summed E-state index contributed by atoms with van der Waals surface area (Å²) in [4.78, 5) is 11.7. The lowest BCUT2D eigenvalue weighted by atomic mass is 9.96. The van der Waals surface area contributed by atoms with Crippen molar-refractivity contribution < 1.29 is 4.79 Å². The van der Waals surface area contributed by atoms with Gasteiger partial charge in [0.1, 0.15) is 0 Å². The molecule has 0 fully saturated rings. The van der Waals surface area contributed by atoms with Crippen LogP contribution in [0.25, 0.3) is 0 Å². The van der Waals surface area contributed by atoms with E-state index in [1.54, 1.807) is 0 Å². The highest BCUT2D eigenvalue weighted by molar-refractivity contribution is 9.10. The van der Waals surface area contributed by atoms with Crippen molar-refractivity contribution >= 4 is 44.9 Å². The Balaban J connectivity index is 2.59. The fraction of sp³-hybridized carbons (Fsp3) is 0.333. The van der Waals surface area contributed by atoms with E-state index in [1.165, 1.54) is 0 Å². The van der Waals surface area contributed by atoms with E-state index in [2.05, 4.69) is 26.6 Å². The van der Waals surface area contributed by atoms with E-state index in [-0.39, 0.29) is 5.91 Å². The molecule has 0 bridgehead atoms. The smallest absolute Gasteiger partial charge is 0.231 e. The monoisotopic (exact) mass is 314 g/mol. The molecule has 1 rings (SSSR count). The topological polar surface area (TPSA) is 41.1 Å². The Bertz CT molecular complexity index is 440. The highest BCUT2D eigenvalue weighted by atomic mass is 79.9. The maximum absolute atomic E-state index is 11.7. The van der Waals surface area contributed by atoms with Crippen molar-refractivity contribution in [1.82, 2.24) is 5.32 Å². The van der Waals surface area contributed by atoms with Gasteiger partial charge >= 0.3 is 0 Å². The molecule has 17 heavy (non-hydrogen) atoms. The van der Waals surface area contributed by atoms with E-state index < -0.39 is 5.41 Å². The normalized spacial score (nSPS) is 10.8. The number of anilines is 1. The van der Waals surface area contributed by atoms with Crippen LogP contribution in [0.4, 0.5) is 5.69 Å². The Morgan fingerprint density at radius 1 is 1.35 bits per heavy atom. The van der Waals surface area contributed by atoms with E-state index in [9.17, 15) is 4.79 Å². The van der Waals surface area contributed by atoms with Gasteiger partial charge in [-0.15, -0.1) is 0 Å². The lowest BCUT2D eigenvalue weighted by Gasteiger charge is -2.18. The lowest BCUT2D eigenvalue weighted by molar-refractivity contribution is -0.126. The molecule has 3 nitrogen and oxygen atoms in total. The van der Waals surface area contributed by atoms with Gasteiger partial charge < -0.3 is 10.6 Å². The fourth-order valence-electron chi connectivity index (χ4n) is 1.02. The minimum absolute atomic E-state index is 0.106. The molecule has 0 unspecified atom stereocenters. The molecular formula is C12H15BrN2OS.